The second-order valence-corrected chi connectivity index (χ2v) is 8.09. The van der Waals surface area contributed by atoms with Crippen LogP contribution in [0.2, 0.25) is 0 Å². The monoisotopic (exact) mass is 410 g/mol. The predicted octanol–water partition coefficient (Wildman–Crippen LogP) is 4.87. The quantitative estimate of drug-likeness (QED) is 0.623. The molecule has 0 aliphatic heterocycles. The molecule has 1 heterocycles. The molecule has 0 spiro atoms. The van der Waals surface area contributed by atoms with Gasteiger partial charge in [-0.15, -0.1) is 11.3 Å². The molecule has 0 saturated heterocycles. The lowest BCUT2D eigenvalue weighted by molar-refractivity contribution is 0.290. The summed E-state index contributed by atoms with van der Waals surface area (Å²) in [6.07, 6.45) is 2.51. The van der Waals surface area contributed by atoms with E-state index in [-0.39, 0.29) is 0 Å². The molecule has 0 aromatic carbocycles. The molecule has 19 heavy (non-hydrogen) atoms. The summed E-state index contributed by atoms with van der Waals surface area (Å²) in [6, 6.07) is 2.76. The Balaban J connectivity index is 2.19. The van der Waals surface area contributed by atoms with Crippen molar-refractivity contribution in [3.05, 3.63) is 19.2 Å². The summed E-state index contributed by atoms with van der Waals surface area (Å²) in [5, 5.41) is 3.60. The van der Waals surface area contributed by atoms with Gasteiger partial charge in [-0.2, -0.15) is 0 Å². The summed E-state index contributed by atoms with van der Waals surface area (Å²) in [5.74, 6) is 0. The first-order valence-corrected chi connectivity index (χ1v) is 9.36. The van der Waals surface area contributed by atoms with Gasteiger partial charge < -0.3 is 10.2 Å². The van der Waals surface area contributed by atoms with Gasteiger partial charge in [0.15, 0.2) is 0 Å². The Morgan fingerprint density at radius 2 is 2.00 bits per heavy atom. The Kier molecular flexibility index (Phi) is 8.82. The zero-order chi connectivity index (χ0) is 14.3. The second kappa shape index (κ2) is 9.50. The van der Waals surface area contributed by atoms with Gasteiger partial charge in [0.1, 0.15) is 0 Å². The normalized spacial score (nSPS) is 13.2. The number of halogens is 2. The molecule has 0 radical (unpaired) electrons. The van der Waals surface area contributed by atoms with Gasteiger partial charge >= 0.3 is 0 Å². The minimum atomic E-state index is 0.579. The maximum absolute atomic E-state index is 3.60. The van der Waals surface area contributed by atoms with E-state index in [9.17, 15) is 0 Å². The summed E-state index contributed by atoms with van der Waals surface area (Å²) < 4.78 is 2.34. The number of thiophene rings is 1. The average Bonchev–Trinajstić information content (AvgIpc) is 2.72. The molecular formula is C14H24Br2N2S. The smallest absolute Gasteiger partial charge is 0.0843 e. The molecule has 0 bridgehead atoms. The molecule has 110 valence electrons. The third-order valence-electron chi connectivity index (χ3n) is 3.33. The van der Waals surface area contributed by atoms with Gasteiger partial charge in [-0.05, 0) is 77.3 Å². The summed E-state index contributed by atoms with van der Waals surface area (Å²) in [7, 11) is 0. The van der Waals surface area contributed by atoms with E-state index in [0.717, 1.165) is 24.1 Å². The number of hydrogen-bond donors (Lipinski definition) is 1. The molecule has 1 aromatic heterocycles. The molecule has 0 aliphatic rings. The number of nitrogens with zero attached hydrogens (tertiary/aromatic N) is 1. The maximum Gasteiger partial charge on any atom is 0.0843 e. The predicted molar refractivity (Wildman–Crippen MR) is 93.0 cm³/mol. The van der Waals surface area contributed by atoms with Crippen LogP contribution >= 0.6 is 43.2 Å². The molecule has 5 heteroatoms. The Morgan fingerprint density at radius 1 is 1.32 bits per heavy atom. The van der Waals surface area contributed by atoms with Crippen molar-refractivity contribution >= 4 is 43.2 Å². The molecule has 0 aliphatic carbocycles. The maximum atomic E-state index is 3.60. The van der Waals surface area contributed by atoms with Crippen LogP contribution in [0.1, 0.15) is 38.5 Å². The summed E-state index contributed by atoms with van der Waals surface area (Å²) in [4.78, 5) is 3.86. The summed E-state index contributed by atoms with van der Waals surface area (Å²) >= 11 is 8.85. The molecule has 1 aromatic rings. The summed E-state index contributed by atoms with van der Waals surface area (Å²) in [6.45, 7) is 11.2. The van der Waals surface area contributed by atoms with E-state index in [1.54, 1.807) is 11.3 Å². The van der Waals surface area contributed by atoms with Gasteiger partial charge in [-0.3, -0.25) is 0 Å². The minimum Gasteiger partial charge on any atom is -0.309 e. The third-order valence-corrected chi connectivity index (χ3v) is 6.58. The highest BCUT2D eigenvalue weighted by molar-refractivity contribution is 9.13. The first-order chi connectivity index (χ1) is 9.06. The van der Waals surface area contributed by atoms with E-state index in [2.05, 4.69) is 68.9 Å². The first-order valence-electron chi connectivity index (χ1n) is 6.96. The topological polar surface area (TPSA) is 15.3 Å². The van der Waals surface area contributed by atoms with Crippen molar-refractivity contribution in [1.82, 2.24) is 10.2 Å². The highest BCUT2D eigenvalue weighted by atomic mass is 79.9. The van der Waals surface area contributed by atoms with Crippen molar-refractivity contribution in [3.63, 3.8) is 0 Å². The zero-order valence-electron chi connectivity index (χ0n) is 12.0. The van der Waals surface area contributed by atoms with Gasteiger partial charge in [0.05, 0.1) is 3.79 Å². The standard InChI is InChI=1S/C14H24Br2N2S/c1-4-18(5-2)8-6-7-11(3)17-10-12-9-13(15)14(16)19-12/h9,11,17H,4-8,10H2,1-3H3. The molecular weight excluding hydrogens is 388 g/mol. The lowest BCUT2D eigenvalue weighted by atomic mass is 10.1. The fourth-order valence-corrected chi connectivity index (χ4v) is 4.14. The SMILES string of the molecule is CCN(CC)CCCC(C)NCc1cc(Br)c(Br)s1. The second-order valence-electron chi connectivity index (χ2n) is 4.79. The van der Waals surface area contributed by atoms with Crippen LogP contribution in [-0.4, -0.2) is 30.6 Å². The Bertz CT molecular complexity index is 345. The van der Waals surface area contributed by atoms with E-state index in [1.807, 2.05) is 0 Å². The van der Waals surface area contributed by atoms with Gasteiger partial charge in [-0.1, -0.05) is 13.8 Å². The van der Waals surface area contributed by atoms with Crippen LogP contribution in [0.15, 0.2) is 14.3 Å². The third kappa shape index (κ3) is 6.71. The molecule has 0 fully saturated rings. The van der Waals surface area contributed by atoms with Crippen molar-refractivity contribution in [3.8, 4) is 0 Å². The van der Waals surface area contributed by atoms with Crippen LogP contribution in [0.3, 0.4) is 0 Å². The lowest BCUT2D eigenvalue weighted by Gasteiger charge is -2.19. The molecule has 0 saturated carbocycles. The Morgan fingerprint density at radius 3 is 2.53 bits per heavy atom. The van der Waals surface area contributed by atoms with Crippen molar-refractivity contribution in [2.24, 2.45) is 0 Å². The van der Waals surface area contributed by atoms with Gasteiger partial charge in [0.25, 0.3) is 0 Å². The molecule has 1 unspecified atom stereocenters. The lowest BCUT2D eigenvalue weighted by Crippen LogP contribution is -2.28. The van der Waals surface area contributed by atoms with Gasteiger partial charge in [0.2, 0.25) is 0 Å². The van der Waals surface area contributed by atoms with Crippen molar-refractivity contribution in [2.45, 2.75) is 46.2 Å². The largest absolute Gasteiger partial charge is 0.309 e. The molecule has 1 N–H and O–H groups in total. The van der Waals surface area contributed by atoms with Crippen molar-refractivity contribution in [2.75, 3.05) is 19.6 Å². The fraction of sp³-hybridized carbons (Fsp3) is 0.714. The molecule has 0 amide bonds. The van der Waals surface area contributed by atoms with Crippen molar-refractivity contribution in [1.29, 1.82) is 0 Å². The van der Waals surface area contributed by atoms with Gasteiger partial charge in [0, 0.05) is 21.9 Å². The van der Waals surface area contributed by atoms with E-state index >= 15 is 0 Å². The van der Waals surface area contributed by atoms with Crippen LogP contribution in [-0.2, 0) is 6.54 Å². The van der Waals surface area contributed by atoms with Crippen LogP contribution in [0, 0.1) is 0 Å². The van der Waals surface area contributed by atoms with E-state index in [4.69, 9.17) is 0 Å². The Labute approximate surface area is 138 Å². The van der Waals surface area contributed by atoms with Crippen LogP contribution < -0.4 is 5.32 Å². The number of hydrogen-bond acceptors (Lipinski definition) is 3. The van der Waals surface area contributed by atoms with Gasteiger partial charge in [-0.25, -0.2) is 0 Å². The minimum absolute atomic E-state index is 0.579. The van der Waals surface area contributed by atoms with Crippen molar-refractivity contribution < 1.29 is 0 Å². The van der Waals surface area contributed by atoms with E-state index in [1.165, 1.54) is 28.0 Å². The number of nitrogens with one attached hydrogen (secondary N) is 1. The highest BCUT2D eigenvalue weighted by Crippen LogP contribution is 2.32. The van der Waals surface area contributed by atoms with Crippen LogP contribution in [0.25, 0.3) is 0 Å². The van der Waals surface area contributed by atoms with E-state index < -0.39 is 0 Å². The highest BCUT2D eigenvalue weighted by Gasteiger charge is 2.07. The number of rotatable bonds is 9. The fourth-order valence-electron chi connectivity index (χ4n) is 2.02. The summed E-state index contributed by atoms with van der Waals surface area (Å²) in [5.41, 5.74) is 0. The Hall–Kier alpha value is 0.580. The van der Waals surface area contributed by atoms with Crippen LogP contribution in [0.5, 0.6) is 0 Å². The molecule has 1 atom stereocenters. The first kappa shape index (κ1) is 17.6. The molecule has 1 rings (SSSR count). The van der Waals surface area contributed by atoms with Crippen LogP contribution in [0.4, 0.5) is 0 Å². The molecule has 2 nitrogen and oxygen atoms in total. The van der Waals surface area contributed by atoms with E-state index in [0.29, 0.717) is 6.04 Å². The average molecular weight is 412 g/mol. The zero-order valence-corrected chi connectivity index (χ0v) is 16.0.